The van der Waals surface area contributed by atoms with Crippen molar-refractivity contribution in [2.75, 3.05) is 37.6 Å². The standard InChI is InChI=1S/C23H28N6O/c1-23(2,3)27-20(30)16-28-11-13-29(14-12-28)22-18-8-4-5-9-19(18)25-21(26-22)17-7-6-10-24-15-17/h4-10,15H,11-14,16H2,1-3H3,(H,27,30). The normalized spacial score (nSPS) is 15.4. The molecule has 0 radical (unpaired) electrons. The van der Waals surface area contributed by atoms with Crippen molar-refractivity contribution in [2.24, 2.45) is 0 Å². The Kier molecular flexibility index (Phi) is 5.63. The number of anilines is 1. The highest BCUT2D eigenvalue weighted by molar-refractivity contribution is 5.91. The van der Waals surface area contributed by atoms with E-state index in [0.717, 1.165) is 48.5 Å². The maximum atomic E-state index is 12.3. The second-order valence-electron chi connectivity index (χ2n) is 8.69. The molecule has 1 aromatic carbocycles. The zero-order valence-corrected chi connectivity index (χ0v) is 17.8. The third kappa shape index (κ3) is 4.74. The van der Waals surface area contributed by atoms with Crippen molar-refractivity contribution >= 4 is 22.6 Å². The summed E-state index contributed by atoms with van der Waals surface area (Å²) in [6.07, 6.45) is 3.54. The quantitative estimate of drug-likeness (QED) is 0.721. The highest BCUT2D eigenvalue weighted by Crippen LogP contribution is 2.28. The van der Waals surface area contributed by atoms with Gasteiger partial charge in [-0.25, -0.2) is 9.97 Å². The number of piperazine rings is 1. The fourth-order valence-corrected chi connectivity index (χ4v) is 3.70. The second-order valence-corrected chi connectivity index (χ2v) is 8.69. The van der Waals surface area contributed by atoms with E-state index in [0.29, 0.717) is 12.4 Å². The van der Waals surface area contributed by atoms with Crippen LogP contribution in [0.25, 0.3) is 22.3 Å². The molecule has 2 aromatic heterocycles. The summed E-state index contributed by atoms with van der Waals surface area (Å²) in [5.41, 5.74) is 1.62. The maximum Gasteiger partial charge on any atom is 0.234 e. The number of carbonyl (C=O) groups is 1. The van der Waals surface area contributed by atoms with Crippen LogP contribution in [0.1, 0.15) is 20.8 Å². The first-order chi connectivity index (χ1) is 14.4. The van der Waals surface area contributed by atoms with Crippen molar-refractivity contribution in [3.8, 4) is 11.4 Å². The summed E-state index contributed by atoms with van der Waals surface area (Å²) in [7, 11) is 0. The lowest BCUT2D eigenvalue weighted by atomic mass is 10.1. The molecule has 0 bridgehead atoms. The predicted molar refractivity (Wildman–Crippen MR) is 119 cm³/mol. The summed E-state index contributed by atoms with van der Waals surface area (Å²) in [5.74, 6) is 1.70. The number of hydrogen-bond acceptors (Lipinski definition) is 6. The number of rotatable bonds is 4. The molecule has 1 aliphatic heterocycles. The van der Waals surface area contributed by atoms with Crippen LogP contribution in [-0.2, 0) is 4.79 Å². The van der Waals surface area contributed by atoms with Gasteiger partial charge in [0.15, 0.2) is 5.82 Å². The number of fused-ring (bicyclic) bond motifs is 1. The van der Waals surface area contributed by atoms with E-state index in [1.165, 1.54) is 0 Å². The topological polar surface area (TPSA) is 74.2 Å². The van der Waals surface area contributed by atoms with Crippen molar-refractivity contribution in [3.05, 3.63) is 48.8 Å². The highest BCUT2D eigenvalue weighted by atomic mass is 16.2. The number of hydrogen-bond donors (Lipinski definition) is 1. The van der Waals surface area contributed by atoms with Gasteiger partial charge < -0.3 is 10.2 Å². The number of nitrogens with zero attached hydrogens (tertiary/aromatic N) is 5. The fourth-order valence-electron chi connectivity index (χ4n) is 3.70. The molecule has 0 aliphatic carbocycles. The van der Waals surface area contributed by atoms with Crippen molar-refractivity contribution in [1.29, 1.82) is 0 Å². The van der Waals surface area contributed by atoms with Crippen LogP contribution in [-0.4, -0.2) is 64.0 Å². The molecule has 1 saturated heterocycles. The van der Waals surface area contributed by atoms with E-state index in [9.17, 15) is 4.79 Å². The van der Waals surface area contributed by atoms with Crippen LogP contribution >= 0.6 is 0 Å². The predicted octanol–water partition coefficient (Wildman–Crippen LogP) is 2.73. The molecule has 0 unspecified atom stereocenters. The van der Waals surface area contributed by atoms with Crippen LogP contribution < -0.4 is 10.2 Å². The van der Waals surface area contributed by atoms with Crippen molar-refractivity contribution < 1.29 is 4.79 Å². The average Bonchev–Trinajstić information content (AvgIpc) is 2.73. The van der Waals surface area contributed by atoms with Crippen molar-refractivity contribution in [2.45, 2.75) is 26.3 Å². The van der Waals surface area contributed by atoms with Gasteiger partial charge in [0.2, 0.25) is 5.91 Å². The van der Waals surface area contributed by atoms with E-state index < -0.39 is 0 Å². The second kappa shape index (κ2) is 8.36. The van der Waals surface area contributed by atoms with E-state index in [-0.39, 0.29) is 11.4 Å². The number of para-hydroxylation sites is 1. The zero-order valence-electron chi connectivity index (χ0n) is 17.8. The minimum Gasteiger partial charge on any atom is -0.353 e. The van der Waals surface area contributed by atoms with Gasteiger partial charge in [0, 0.05) is 55.1 Å². The van der Waals surface area contributed by atoms with Gasteiger partial charge in [-0.1, -0.05) is 12.1 Å². The summed E-state index contributed by atoms with van der Waals surface area (Å²) < 4.78 is 0. The molecular formula is C23H28N6O. The third-order valence-corrected chi connectivity index (χ3v) is 5.06. The van der Waals surface area contributed by atoms with Crippen LogP contribution in [0.15, 0.2) is 48.8 Å². The lowest BCUT2D eigenvalue weighted by Gasteiger charge is -2.36. The van der Waals surface area contributed by atoms with E-state index >= 15 is 0 Å². The smallest absolute Gasteiger partial charge is 0.234 e. The summed E-state index contributed by atoms with van der Waals surface area (Å²) in [4.78, 5) is 30.6. The van der Waals surface area contributed by atoms with Gasteiger partial charge in [0.05, 0.1) is 12.1 Å². The van der Waals surface area contributed by atoms with E-state index in [4.69, 9.17) is 9.97 Å². The molecule has 7 heteroatoms. The van der Waals surface area contributed by atoms with Gasteiger partial charge >= 0.3 is 0 Å². The first-order valence-electron chi connectivity index (χ1n) is 10.3. The maximum absolute atomic E-state index is 12.3. The Morgan fingerprint density at radius 1 is 1.03 bits per heavy atom. The Bertz CT molecular complexity index is 1020. The highest BCUT2D eigenvalue weighted by Gasteiger charge is 2.23. The first-order valence-corrected chi connectivity index (χ1v) is 10.3. The molecule has 3 heterocycles. The van der Waals surface area contributed by atoms with Crippen LogP contribution in [0.5, 0.6) is 0 Å². The zero-order chi connectivity index (χ0) is 21.1. The van der Waals surface area contributed by atoms with Gasteiger partial charge in [-0.3, -0.25) is 14.7 Å². The molecule has 7 nitrogen and oxygen atoms in total. The number of aromatic nitrogens is 3. The summed E-state index contributed by atoms with van der Waals surface area (Å²) in [6.45, 7) is 9.70. The van der Waals surface area contributed by atoms with Crippen LogP contribution in [0, 0.1) is 0 Å². The Hall–Kier alpha value is -3.06. The van der Waals surface area contributed by atoms with Crippen LogP contribution in [0.3, 0.4) is 0 Å². The number of carbonyl (C=O) groups excluding carboxylic acids is 1. The molecule has 1 N–H and O–H groups in total. The summed E-state index contributed by atoms with van der Waals surface area (Å²) in [5, 5.41) is 4.08. The number of nitrogens with one attached hydrogen (secondary N) is 1. The molecule has 4 rings (SSSR count). The van der Waals surface area contributed by atoms with Gasteiger partial charge in [-0.2, -0.15) is 0 Å². The molecule has 30 heavy (non-hydrogen) atoms. The van der Waals surface area contributed by atoms with E-state index in [1.807, 2.05) is 51.1 Å². The van der Waals surface area contributed by atoms with Crippen molar-refractivity contribution in [1.82, 2.24) is 25.2 Å². The Morgan fingerprint density at radius 3 is 2.50 bits per heavy atom. The fraction of sp³-hybridized carbons (Fsp3) is 0.391. The van der Waals surface area contributed by atoms with Crippen molar-refractivity contribution in [3.63, 3.8) is 0 Å². The monoisotopic (exact) mass is 404 g/mol. The lowest BCUT2D eigenvalue weighted by molar-refractivity contribution is -0.123. The minimum atomic E-state index is -0.207. The third-order valence-electron chi connectivity index (χ3n) is 5.06. The van der Waals surface area contributed by atoms with Gasteiger partial charge in [0.1, 0.15) is 5.82 Å². The largest absolute Gasteiger partial charge is 0.353 e. The Labute approximate surface area is 177 Å². The number of benzene rings is 1. The SMILES string of the molecule is CC(C)(C)NC(=O)CN1CCN(c2nc(-c3cccnc3)nc3ccccc23)CC1. The molecule has 156 valence electrons. The first kappa shape index (κ1) is 20.2. The number of amides is 1. The molecule has 1 amide bonds. The molecule has 0 saturated carbocycles. The molecule has 1 fully saturated rings. The van der Waals surface area contributed by atoms with Gasteiger partial charge in [-0.15, -0.1) is 0 Å². The summed E-state index contributed by atoms with van der Waals surface area (Å²) in [6, 6.07) is 12.0. The minimum absolute atomic E-state index is 0.0716. The Balaban J connectivity index is 1.53. The number of pyridine rings is 1. The van der Waals surface area contributed by atoms with Crippen LogP contribution in [0.4, 0.5) is 5.82 Å². The van der Waals surface area contributed by atoms with Gasteiger partial charge in [0.25, 0.3) is 0 Å². The summed E-state index contributed by atoms with van der Waals surface area (Å²) >= 11 is 0. The molecule has 0 atom stereocenters. The van der Waals surface area contributed by atoms with E-state index in [1.54, 1.807) is 12.4 Å². The van der Waals surface area contributed by atoms with Crippen LogP contribution in [0.2, 0.25) is 0 Å². The Morgan fingerprint density at radius 2 is 1.80 bits per heavy atom. The molecule has 1 aliphatic rings. The van der Waals surface area contributed by atoms with Gasteiger partial charge in [-0.05, 0) is 45.0 Å². The molecule has 3 aromatic rings. The molecule has 0 spiro atoms. The lowest BCUT2D eigenvalue weighted by Crippen LogP contribution is -2.52. The average molecular weight is 405 g/mol. The van der Waals surface area contributed by atoms with E-state index in [2.05, 4.69) is 26.2 Å². The molecular weight excluding hydrogens is 376 g/mol.